The molecular formula is C10H16F3N3. The smallest absolute Gasteiger partial charge is 0.333 e. The fraction of sp³-hybridized carbons (Fsp3) is 0.700. The van der Waals surface area contributed by atoms with E-state index in [1.807, 2.05) is 13.8 Å². The van der Waals surface area contributed by atoms with E-state index in [1.54, 1.807) is 6.20 Å². The summed E-state index contributed by atoms with van der Waals surface area (Å²) < 4.78 is 37.7. The van der Waals surface area contributed by atoms with E-state index in [9.17, 15) is 13.2 Å². The van der Waals surface area contributed by atoms with Gasteiger partial charge in [-0.05, 0) is 0 Å². The second-order valence-corrected chi connectivity index (χ2v) is 3.98. The number of rotatable bonds is 5. The van der Waals surface area contributed by atoms with Gasteiger partial charge in [-0.1, -0.05) is 13.8 Å². The van der Waals surface area contributed by atoms with E-state index < -0.39 is 12.6 Å². The van der Waals surface area contributed by atoms with E-state index in [4.69, 9.17) is 0 Å². The molecular weight excluding hydrogens is 219 g/mol. The summed E-state index contributed by atoms with van der Waals surface area (Å²) in [6.45, 7) is 4.43. The summed E-state index contributed by atoms with van der Waals surface area (Å²) in [4.78, 5) is 3.86. The summed E-state index contributed by atoms with van der Waals surface area (Å²) in [5.74, 6) is 0. The first-order valence-electron chi connectivity index (χ1n) is 5.17. The Morgan fingerprint density at radius 3 is 2.69 bits per heavy atom. The van der Waals surface area contributed by atoms with E-state index in [2.05, 4.69) is 10.3 Å². The Morgan fingerprint density at radius 2 is 2.12 bits per heavy atom. The van der Waals surface area contributed by atoms with Crippen molar-refractivity contribution in [2.45, 2.75) is 45.6 Å². The minimum absolute atomic E-state index is 0.0708. The lowest BCUT2D eigenvalue weighted by Crippen LogP contribution is -2.24. The molecule has 0 fully saturated rings. The second-order valence-electron chi connectivity index (χ2n) is 3.98. The summed E-state index contributed by atoms with van der Waals surface area (Å²) in [5.41, 5.74) is 0.776. The zero-order valence-electron chi connectivity index (χ0n) is 9.38. The quantitative estimate of drug-likeness (QED) is 0.848. The third-order valence-corrected chi connectivity index (χ3v) is 2.13. The van der Waals surface area contributed by atoms with Crippen LogP contribution in [0.5, 0.6) is 0 Å². The molecule has 0 aliphatic rings. The number of halogens is 3. The Hall–Kier alpha value is -1.04. The van der Waals surface area contributed by atoms with Gasteiger partial charge in [-0.3, -0.25) is 0 Å². The van der Waals surface area contributed by atoms with Crippen molar-refractivity contribution >= 4 is 0 Å². The third kappa shape index (κ3) is 4.65. The Morgan fingerprint density at radius 1 is 1.44 bits per heavy atom. The van der Waals surface area contributed by atoms with Crippen molar-refractivity contribution in [1.82, 2.24) is 14.9 Å². The first-order chi connectivity index (χ1) is 7.38. The van der Waals surface area contributed by atoms with Gasteiger partial charge < -0.3 is 9.88 Å². The first-order valence-corrected chi connectivity index (χ1v) is 5.17. The Bertz CT molecular complexity index is 317. The van der Waals surface area contributed by atoms with Gasteiger partial charge in [0.1, 0.15) is 0 Å². The van der Waals surface area contributed by atoms with Crippen LogP contribution in [0, 0.1) is 0 Å². The lowest BCUT2D eigenvalue weighted by Gasteiger charge is -2.12. The molecule has 92 valence electrons. The van der Waals surface area contributed by atoms with Crippen molar-refractivity contribution in [3.05, 3.63) is 18.2 Å². The molecule has 0 radical (unpaired) electrons. The fourth-order valence-corrected chi connectivity index (χ4v) is 1.25. The summed E-state index contributed by atoms with van der Waals surface area (Å²) in [6, 6.07) is 0.297. The number of aromatic nitrogens is 2. The molecule has 6 heteroatoms. The highest BCUT2D eigenvalue weighted by Gasteiger charge is 2.26. The van der Waals surface area contributed by atoms with Gasteiger partial charge in [-0.2, -0.15) is 13.2 Å². The molecule has 1 N–H and O–H groups in total. The lowest BCUT2D eigenvalue weighted by molar-refractivity contribution is -0.136. The minimum Gasteiger partial charge on any atom is -0.333 e. The van der Waals surface area contributed by atoms with Gasteiger partial charge in [0.2, 0.25) is 0 Å². The van der Waals surface area contributed by atoms with Crippen LogP contribution in [0.4, 0.5) is 13.2 Å². The van der Waals surface area contributed by atoms with E-state index in [0.29, 0.717) is 12.6 Å². The van der Waals surface area contributed by atoms with Gasteiger partial charge in [0.15, 0.2) is 0 Å². The van der Waals surface area contributed by atoms with Crippen LogP contribution in [0.15, 0.2) is 12.5 Å². The van der Waals surface area contributed by atoms with Crippen molar-refractivity contribution < 1.29 is 13.2 Å². The van der Waals surface area contributed by atoms with Crippen molar-refractivity contribution in [2.75, 3.05) is 0 Å². The first kappa shape index (κ1) is 13.0. The molecule has 0 unspecified atom stereocenters. The summed E-state index contributed by atoms with van der Waals surface area (Å²) in [5, 5.41) is 3.14. The molecule has 0 saturated carbocycles. The summed E-state index contributed by atoms with van der Waals surface area (Å²) in [6.07, 6.45) is -1.92. The van der Waals surface area contributed by atoms with E-state index >= 15 is 0 Å². The number of hydrogen-bond acceptors (Lipinski definition) is 2. The van der Waals surface area contributed by atoms with E-state index in [0.717, 1.165) is 5.69 Å². The van der Waals surface area contributed by atoms with Crippen molar-refractivity contribution in [3.8, 4) is 0 Å². The van der Waals surface area contributed by atoms with E-state index in [-0.39, 0.29) is 6.54 Å². The zero-order chi connectivity index (χ0) is 12.2. The number of nitrogens with zero attached hydrogens (tertiary/aromatic N) is 2. The average Bonchev–Trinajstić information content (AvgIpc) is 2.57. The highest BCUT2D eigenvalue weighted by molar-refractivity contribution is 4.98. The maximum atomic E-state index is 12.0. The minimum atomic E-state index is -4.12. The molecule has 0 amide bonds. The Labute approximate surface area is 92.7 Å². The molecule has 0 bridgehead atoms. The molecule has 0 saturated heterocycles. The maximum absolute atomic E-state index is 12.0. The third-order valence-electron chi connectivity index (χ3n) is 2.13. The van der Waals surface area contributed by atoms with Gasteiger partial charge in [-0.15, -0.1) is 0 Å². The van der Waals surface area contributed by atoms with Crippen LogP contribution in [0.3, 0.4) is 0 Å². The van der Waals surface area contributed by atoms with E-state index in [1.165, 1.54) is 10.9 Å². The van der Waals surface area contributed by atoms with Gasteiger partial charge in [0.25, 0.3) is 0 Å². The number of aryl methyl sites for hydroxylation is 1. The van der Waals surface area contributed by atoms with Crippen LogP contribution >= 0.6 is 0 Å². The molecule has 1 heterocycles. The Balaban J connectivity index is 2.50. The highest BCUT2D eigenvalue weighted by atomic mass is 19.4. The van der Waals surface area contributed by atoms with Crippen LogP contribution in [-0.2, 0) is 13.1 Å². The molecule has 0 aliphatic heterocycles. The predicted molar refractivity (Wildman–Crippen MR) is 54.9 cm³/mol. The summed E-state index contributed by atoms with van der Waals surface area (Å²) in [7, 11) is 0. The number of hydrogen-bond donors (Lipinski definition) is 1. The second kappa shape index (κ2) is 5.34. The SMILES string of the molecule is CC(C)NCc1cncn1CCC(F)(F)F. The lowest BCUT2D eigenvalue weighted by atomic mass is 10.3. The van der Waals surface area contributed by atoms with Crippen LogP contribution in [0.25, 0.3) is 0 Å². The number of alkyl halides is 3. The van der Waals surface area contributed by atoms with Crippen molar-refractivity contribution in [1.29, 1.82) is 0 Å². The molecule has 0 spiro atoms. The standard InChI is InChI=1S/C10H16F3N3/c1-8(2)15-6-9-5-14-7-16(9)4-3-10(11,12)13/h5,7-8,15H,3-4,6H2,1-2H3. The largest absolute Gasteiger partial charge is 0.390 e. The molecule has 16 heavy (non-hydrogen) atoms. The molecule has 0 aliphatic carbocycles. The highest BCUT2D eigenvalue weighted by Crippen LogP contribution is 2.20. The predicted octanol–water partition coefficient (Wildman–Crippen LogP) is 2.33. The maximum Gasteiger partial charge on any atom is 0.390 e. The fourth-order valence-electron chi connectivity index (χ4n) is 1.25. The summed E-state index contributed by atoms with van der Waals surface area (Å²) >= 11 is 0. The molecule has 1 aromatic rings. The van der Waals surface area contributed by atoms with Crippen LogP contribution < -0.4 is 5.32 Å². The van der Waals surface area contributed by atoms with Crippen molar-refractivity contribution in [3.63, 3.8) is 0 Å². The van der Waals surface area contributed by atoms with Crippen LogP contribution in [0.2, 0.25) is 0 Å². The van der Waals surface area contributed by atoms with Crippen molar-refractivity contribution in [2.24, 2.45) is 0 Å². The molecule has 1 rings (SSSR count). The zero-order valence-corrected chi connectivity index (χ0v) is 9.38. The van der Waals surface area contributed by atoms with Gasteiger partial charge in [-0.25, -0.2) is 4.98 Å². The van der Waals surface area contributed by atoms with Crippen LogP contribution in [-0.4, -0.2) is 21.8 Å². The number of nitrogens with one attached hydrogen (secondary N) is 1. The molecule has 0 aromatic carbocycles. The monoisotopic (exact) mass is 235 g/mol. The number of imidazole rings is 1. The van der Waals surface area contributed by atoms with Crippen LogP contribution in [0.1, 0.15) is 26.0 Å². The average molecular weight is 235 g/mol. The van der Waals surface area contributed by atoms with Gasteiger partial charge in [0.05, 0.1) is 18.4 Å². The molecule has 1 aromatic heterocycles. The molecule has 3 nitrogen and oxygen atoms in total. The van der Waals surface area contributed by atoms with Gasteiger partial charge >= 0.3 is 6.18 Å². The normalized spacial score (nSPS) is 12.4. The Kier molecular flexibility index (Phi) is 4.35. The molecule has 0 atom stereocenters. The van der Waals surface area contributed by atoms with Gasteiger partial charge in [0, 0.05) is 25.3 Å². The topological polar surface area (TPSA) is 29.9 Å².